The summed E-state index contributed by atoms with van der Waals surface area (Å²) in [6, 6.07) is 40.4. The van der Waals surface area contributed by atoms with Crippen molar-refractivity contribution in [2.45, 2.75) is 34.1 Å². The second-order valence-corrected chi connectivity index (χ2v) is 12.4. The zero-order valence-corrected chi connectivity index (χ0v) is 26.5. The first-order chi connectivity index (χ1) is 19.9. The Bertz CT molecular complexity index is 1500. The van der Waals surface area contributed by atoms with Crippen LogP contribution < -0.4 is 21.0 Å². The van der Waals surface area contributed by atoms with Crippen molar-refractivity contribution in [3.63, 3.8) is 0 Å². The predicted octanol–water partition coefficient (Wildman–Crippen LogP) is 7.92. The summed E-state index contributed by atoms with van der Waals surface area (Å²) in [6.07, 6.45) is 4.44. The van der Waals surface area contributed by atoms with Gasteiger partial charge in [-0.05, 0) is 80.2 Å². The molecule has 4 heteroatoms. The van der Waals surface area contributed by atoms with Crippen molar-refractivity contribution >= 4 is 35.7 Å². The standard InChI is InChI=1S/C20H23NO.C18H15P.Ni/c1-6-7-17-10-14(3)19(15(4)11-17)21-12-18-9-13(2)8-16(5)20(18)22;1-4-10-16(11-5-1)19(17-12-6-2-7-13-17)18-14-8-3-9-15-18;/h6,8-12,22H,1,7H2,2-5H3;1-15H;/q;;+1/p-1. The van der Waals surface area contributed by atoms with Crippen LogP contribution in [0.1, 0.15) is 33.4 Å². The van der Waals surface area contributed by atoms with Crippen molar-refractivity contribution in [3.8, 4) is 5.75 Å². The number of allylic oxidation sites excluding steroid dienone is 1. The first-order valence-electron chi connectivity index (χ1n) is 13.9. The van der Waals surface area contributed by atoms with Gasteiger partial charge in [0.05, 0.1) is 5.69 Å². The van der Waals surface area contributed by atoms with Gasteiger partial charge in [0.25, 0.3) is 0 Å². The number of hydrogen-bond donors (Lipinski definition) is 0. The molecule has 2 nitrogen and oxygen atoms in total. The Labute approximate surface area is 262 Å². The molecular weight excluding hydrogens is 576 g/mol. The molecule has 1 radical (unpaired) electrons. The summed E-state index contributed by atoms with van der Waals surface area (Å²) in [4.78, 5) is 4.57. The predicted molar refractivity (Wildman–Crippen MR) is 178 cm³/mol. The molecule has 5 aromatic rings. The summed E-state index contributed by atoms with van der Waals surface area (Å²) in [7, 11) is -0.446. The molecule has 0 atom stereocenters. The van der Waals surface area contributed by atoms with E-state index in [1.165, 1.54) is 21.5 Å². The number of aliphatic imine (C=N–C) groups is 1. The van der Waals surface area contributed by atoms with Gasteiger partial charge in [0.2, 0.25) is 0 Å². The van der Waals surface area contributed by atoms with Crippen molar-refractivity contribution in [1.82, 2.24) is 0 Å². The minimum Gasteiger partial charge on any atom is -0.872 e. The molecule has 5 aromatic carbocycles. The first kappa shape index (κ1) is 32.7. The molecule has 0 amide bonds. The molecule has 0 saturated heterocycles. The van der Waals surface area contributed by atoms with Crippen LogP contribution in [-0.4, -0.2) is 6.21 Å². The molecule has 0 aliphatic rings. The van der Waals surface area contributed by atoms with Crippen LogP contribution in [0.15, 0.2) is 133 Å². The van der Waals surface area contributed by atoms with Gasteiger partial charge in [-0.1, -0.05) is 138 Å². The number of hydrogen-bond acceptors (Lipinski definition) is 2. The van der Waals surface area contributed by atoms with Crippen LogP contribution in [0, 0.1) is 27.7 Å². The van der Waals surface area contributed by atoms with Gasteiger partial charge in [-0.25, -0.2) is 0 Å². The molecule has 0 bridgehead atoms. The largest absolute Gasteiger partial charge is 1.00 e. The third kappa shape index (κ3) is 8.62. The van der Waals surface area contributed by atoms with E-state index in [0.717, 1.165) is 34.4 Å². The average Bonchev–Trinajstić information content (AvgIpc) is 2.97. The molecule has 0 aromatic heterocycles. The third-order valence-electron chi connectivity index (χ3n) is 6.75. The summed E-state index contributed by atoms with van der Waals surface area (Å²) in [5.41, 5.74) is 6.89. The molecule has 215 valence electrons. The molecule has 0 heterocycles. The molecule has 42 heavy (non-hydrogen) atoms. The van der Waals surface area contributed by atoms with E-state index >= 15 is 0 Å². The van der Waals surface area contributed by atoms with E-state index in [4.69, 9.17) is 0 Å². The van der Waals surface area contributed by atoms with E-state index in [0.29, 0.717) is 5.56 Å². The van der Waals surface area contributed by atoms with Crippen LogP contribution in [0.25, 0.3) is 0 Å². The Morgan fingerprint density at radius 2 is 1.12 bits per heavy atom. The van der Waals surface area contributed by atoms with Crippen LogP contribution >= 0.6 is 7.92 Å². The van der Waals surface area contributed by atoms with E-state index in [-0.39, 0.29) is 22.2 Å². The summed E-state index contributed by atoms with van der Waals surface area (Å²) >= 11 is 0. The maximum Gasteiger partial charge on any atom is 1.00 e. The second-order valence-electron chi connectivity index (χ2n) is 10.2. The molecule has 0 fully saturated rings. The minimum atomic E-state index is -0.446. The summed E-state index contributed by atoms with van der Waals surface area (Å²) in [5, 5.41) is 16.3. The fourth-order valence-corrected chi connectivity index (χ4v) is 7.23. The molecular formula is C38H37NNiOP. The van der Waals surface area contributed by atoms with Gasteiger partial charge < -0.3 is 5.11 Å². The second kappa shape index (κ2) is 16.0. The average molecular weight is 613 g/mol. The Morgan fingerprint density at radius 3 is 1.55 bits per heavy atom. The van der Waals surface area contributed by atoms with Gasteiger partial charge in [0.15, 0.2) is 0 Å². The van der Waals surface area contributed by atoms with Crippen molar-refractivity contribution in [2.75, 3.05) is 0 Å². The van der Waals surface area contributed by atoms with Crippen molar-refractivity contribution < 1.29 is 21.6 Å². The summed E-state index contributed by atoms with van der Waals surface area (Å²) < 4.78 is 0. The topological polar surface area (TPSA) is 35.4 Å². The fraction of sp³-hybridized carbons (Fsp3) is 0.132. The van der Waals surface area contributed by atoms with E-state index in [2.05, 4.69) is 115 Å². The SMILES string of the molecule is C=CCc1cc(C)c(N=Cc2cc(C)cc(C)c2[O-])c(C)c1.[Ni+].c1ccc(P(c2ccccc2)c2ccccc2)cc1. The summed E-state index contributed by atoms with van der Waals surface area (Å²) in [5.74, 6) is 0.0490. The Kier molecular flexibility index (Phi) is 12.5. The van der Waals surface area contributed by atoms with Crippen LogP contribution in [-0.2, 0) is 22.9 Å². The smallest absolute Gasteiger partial charge is 0.872 e. The van der Waals surface area contributed by atoms with E-state index in [1.807, 2.05) is 45.9 Å². The van der Waals surface area contributed by atoms with Gasteiger partial charge in [-0.2, -0.15) is 0 Å². The number of aryl methyl sites for hydroxylation is 4. The zero-order chi connectivity index (χ0) is 29.2. The van der Waals surface area contributed by atoms with Crippen LogP contribution in [0.3, 0.4) is 0 Å². The molecule has 0 saturated carbocycles. The summed E-state index contributed by atoms with van der Waals surface area (Å²) in [6.45, 7) is 11.7. The van der Waals surface area contributed by atoms with Crippen molar-refractivity contribution in [3.05, 3.63) is 161 Å². The Balaban J connectivity index is 0.000000227. The molecule has 0 aliphatic carbocycles. The maximum atomic E-state index is 12.1. The van der Waals surface area contributed by atoms with Gasteiger partial charge in [-0.3, -0.25) is 4.99 Å². The Morgan fingerprint density at radius 1 is 0.667 bits per heavy atom. The van der Waals surface area contributed by atoms with Gasteiger partial charge in [0.1, 0.15) is 0 Å². The third-order valence-corrected chi connectivity index (χ3v) is 9.20. The van der Waals surface area contributed by atoms with E-state index < -0.39 is 7.92 Å². The molecule has 0 spiro atoms. The molecule has 0 aliphatic heterocycles. The van der Waals surface area contributed by atoms with Crippen LogP contribution in [0.5, 0.6) is 5.75 Å². The quantitative estimate of drug-likeness (QED) is 0.0796. The normalized spacial score (nSPS) is 10.6. The molecule has 0 N–H and O–H groups in total. The number of nitrogens with zero attached hydrogens (tertiary/aromatic N) is 1. The van der Waals surface area contributed by atoms with Gasteiger partial charge >= 0.3 is 16.5 Å². The maximum absolute atomic E-state index is 12.1. The monoisotopic (exact) mass is 612 g/mol. The number of rotatable bonds is 7. The van der Waals surface area contributed by atoms with E-state index in [9.17, 15) is 5.11 Å². The van der Waals surface area contributed by atoms with Crippen molar-refractivity contribution in [1.29, 1.82) is 0 Å². The zero-order valence-electron chi connectivity index (χ0n) is 24.7. The Hall–Kier alpha value is -3.77. The first-order valence-corrected chi connectivity index (χ1v) is 15.2. The van der Waals surface area contributed by atoms with Gasteiger partial charge in [0, 0.05) is 6.21 Å². The fourth-order valence-electron chi connectivity index (χ4n) is 4.93. The van der Waals surface area contributed by atoms with Crippen LogP contribution in [0.4, 0.5) is 5.69 Å². The van der Waals surface area contributed by atoms with Crippen molar-refractivity contribution in [2.24, 2.45) is 4.99 Å². The molecule has 0 unspecified atom stereocenters. The van der Waals surface area contributed by atoms with Crippen LogP contribution in [0.2, 0.25) is 0 Å². The molecule has 5 rings (SSSR count). The van der Waals surface area contributed by atoms with E-state index in [1.54, 1.807) is 6.21 Å². The number of benzene rings is 5. The minimum absolute atomic E-state index is 0. The van der Waals surface area contributed by atoms with Gasteiger partial charge in [-0.15, -0.1) is 6.58 Å².